The topological polar surface area (TPSA) is 60.3 Å². The Hall–Kier alpha value is -2.83. The molecule has 0 fully saturated rings. The number of aliphatic imine (C=N–C) groups is 1. The summed E-state index contributed by atoms with van der Waals surface area (Å²) < 4.78 is 39.4. The number of para-hydroxylation sites is 1. The third-order valence-corrected chi connectivity index (χ3v) is 3.53. The minimum atomic E-state index is -2.90. The van der Waals surface area contributed by atoms with Crippen LogP contribution in [0.4, 0.5) is 8.78 Å². The van der Waals surface area contributed by atoms with Crippen LogP contribution in [0.3, 0.4) is 0 Å². The van der Waals surface area contributed by atoms with Gasteiger partial charge in [0.2, 0.25) is 0 Å². The fourth-order valence-corrected chi connectivity index (χ4v) is 2.33. The Morgan fingerprint density at radius 2 is 1.96 bits per heavy atom. The second kappa shape index (κ2) is 9.60. The van der Waals surface area contributed by atoms with Gasteiger partial charge in [0, 0.05) is 18.3 Å². The molecule has 26 heavy (non-hydrogen) atoms. The number of hydrogen-bond donors (Lipinski definition) is 1. The van der Waals surface area contributed by atoms with Crippen molar-refractivity contribution >= 4 is 6.21 Å². The average Bonchev–Trinajstić information content (AvgIpc) is 2.62. The molecule has 2 aromatic rings. The second-order valence-electron chi connectivity index (χ2n) is 5.28. The lowest BCUT2D eigenvalue weighted by Crippen LogP contribution is -2.04. The van der Waals surface area contributed by atoms with E-state index in [4.69, 9.17) is 9.47 Å². The predicted molar refractivity (Wildman–Crippen MR) is 95.1 cm³/mol. The number of nitrogens with zero attached hydrogens (tertiary/aromatic N) is 1. The summed E-state index contributed by atoms with van der Waals surface area (Å²) in [7, 11) is 1.39. The van der Waals surface area contributed by atoms with Crippen molar-refractivity contribution in [3.8, 4) is 23.0 Å². The van der Waals surface area contributed by atoms with Crippen LogP contribution in [0, 0.1) is 0 Å². The van der Waals surface area contributed by atoms with Crippen molar-refractivity contribution in [1.29, 1.82) is 0 Å². The van der Waals surface area contributed by atoms with Gasteiger partial charge >= 0.3 is 6.61 Å². The minimum absolute atomic E-state index is 0.00703. The molecule has 0 unspecified atom stereocenters. The fourth-order valence-electron chi connectivity index (χ4n) is 2.33. The van der Waals surface area contributed by atoms with E-state index in [0.717, 1.165) is 5.56 Å². The SMILES string of the molecule is CCOc1cccc(C=NCCc2ccc(OC(F)F)c(OC)c2)c1O. The van der Waals surface area contributed by atoms with E-state index in [1.165, 1.54) is 13.2 Å². The quantitative estimate of drug-likeness (QED) is 0.681. The zero-order valence-corrected chi connectivity index (χ0v) is 14.6. The first-order chi connectivity index (χ1) is 12.5. The van der Waals surface area contributed by atoms with Crippen molar-refractivity contribution in [3.63, 3.8) is 0 Å². The lowest BCUT2D eigenvalue weighted by Gasteiger charge is -2.11. The van der Waals surface area contributed by atoms with Crippen LogP contribution < -0.4 is 14.2 Å². The van der Waals surface area contributed by atoms with Gasteiger partial charge in [0.05, 0.1) is 13.7 Å². The molecule has 5 nitrogen and oxygen atoms in total. The van der Waals surface area contributed by atoms with Gasteiger partial charge in [0.25, 0.3) is 0 Å². The van der Waals surface area contributed by atoms with Gasteiger partial charge in [-0.25, -0.2) is 0 Å². The standard InChI is InChI=1S/C19H21F2NO4/c1-3-25-16-6-4-5-14(18(16)23)12-22-10-9-13-7-8-15(26-19(20)21)17(11-13)24-2/h4-8,11-12,19,23H,3,9-10H2,1-2H3. The number of phenols is 1. The molecule has 0 amide bonds. The zero-order chi connectivity index (χ0) is 18.9. The van der Waals surface area contributed by atoms with E-state index < -0.39 is 6.61 Å². The Balaban J connectivity index is 1.99. The van der Waals surface area contributed by atoms with Gasteiger partial charge in [-0.05, 0) is 43.2 Å². The molecule has 1 N–H and O–H groups in total. The van der Waals surface area contributed by atoms with Crippen molar-refractivity contribution in [1.82, 2.24) is 0 Å². The summed E-state index contributed by atoms with van der Waals surface area (Å²) in [4.78, 5) is 4.29. The van der Waals surface area contributed by atoms with E-state index >= 15 is 0 Å². The molecule has 0 spiro atoms. The van der Waals surface area contributed by atoms with E-state index in [0.29, 0.717) is 30.9 Å². The highest BCUT2D eigenvalue weighted by Gasteiger charge is 2.11. The molecule has 0 saturated heterocycles. The fraction of sp³-hybridized carbons (Fsp3) is 0.316. The van der Waals surface area contributed by atoms with Crippen molar-refractivity contribution in [3.05, 3.63) is 47.5 Å². The summed E-state index contributed by atoms with van der Waals surface area (Å²) in [6.45, 7) is -0.149. The van der Waals surface area contributed by atoms with E-state index in [1.54, 1.807) is 36.5 Å². The molecule has 0 saturated carbocycles. The molecule has 7 heteroatoms. The Morgan fingerprint density at radius 3 is 2.65 bits per heavy atom. The second-order valence-corrected chi connectivity index (χ2v) is 5.28. The molecule has 0 atom stereocenters. The van der Waals surface area contributed by atoms with Crippen molar-refractivity contribution < 1.29 is 28.1 Å². The lowest BCUT2D eigenvalue weighted by atomic mass is 10.1. The summed E-state index contributed by atoms with van der Waals surface area (Å²) in [6.07, 6.45) is 2.15. The minimum Gasteiger partial charge on any atom is -0.504 e. The van der Waals surface area contributed by atoms with E-state index in [2.05, 4.69) is 9.73 Å². The molecule has 0 aliphatic rings. The highest BCUT2D eigenvalue weighted by atomic mass is 19.3. The molecule has 0 aliphatic carbocycles. The first-order valence-corrected chi connectivity index (χ1v) is 8.11. The van der Waals surface area contributed by atoms with Crippen LogP contribution >= 0.6 is 0 Å². The number of benzene rings is 2. The zero-order valence-electron chi connectivity index (χ0n) is 14.6. The average molecular weight is 365 g/mol. The first-order valence-electron chi connectivity index (χ1n) is 8.11. The first kappa shape index (κ1) is 19.5. The number of aromatic hydroxyl groups is 1. The van der Waals surface area contributed by atoms with Crippen LogP contribution in [-0.2, 0) is 6.42 Å². The Labute approximate surface area is 150 Å². The molecular weight excluding hydrogens is 344 g/mol. The van der Waals surface area contributed by atoms with Gasteiger partial charge in [0.1, 0.15) is 0 Å². The predicted octanol–water partition coefficient (Wildman–Crippen LogP) is 4.06. The molecule has 2 rings (SSSR count). The van der Waals surface area contributed by atoms with Gasteiger partial charge in [0.15, 0.2) is 23.0 Å². The highest BCUT2D eigenvalue weighted by molar-refractivity contribution is 5.84. The number of phenolic OH excluding ortho intramolecular Hbond substituents is 1. The summed E-state index contributed by atoms with van der Waals surface area (Å²) in [5.41, 5.74) is 1.43. The summed E-state index contributed by atoms with van der Waals surface area (Å²) in [5.74, 6) is 0.699. The van der Waals surface area contributed by atoms with E-state index in [-0.39, 0.29) is 17.2 Å². The van der Waals surface area contributed by atoms with Gasteiger partial charge < -0.3 is 19.3 Å². The van der Waals surface area contributed by atoms with E-state index in [9.17, 15) is 13.9 Å². The van der Waals surface area contributed by atoms with Crippen LogP contribution in [-0.4, -0.2) is 38.2 Å². The van der Waals surface area contributed by atoms with Crippen LogP contribution in [0.2, 0.25) is 0 Å². The smallest absolute Gasteiger partial charge is 0.387 e. The largest absolute Gasteiger partial charge is 0.504 e. The normalized spacial score (nSPS) is 11.1. The van der Waals surface area contributed by atoms with Gasteiger partial charge in [-0.3, -0.25) is 4.99 Å². The summed E-state index contributed by atoms with van der Waals surface area (Å²) >= 11 is 0. The van der Waals surface area contributed by atoms with Crippen molar-refractivity contribution in [2.24, 2.45) is 4.99 Å². The maximum Gasteiger partial charge on any atom is 0.387 e. The maximum atomic E-state index is 12.3. The third-order valence-electron chi connectivity index (χ3n) is 3.53. The van der Waals surface area contributed by atoms with Crippen LogP contribution in [0.5, 0.6) is 23.0 Å². The van der Waals surface area contributed by atoms with Gasteiger partial charge in [-0.1, -0.05) is 12.1 Å². The van der Waals surface area contributed by atoms with Gasteiger partial charge in [-0.15, -0.1) is 0 Å². The molecule has 0 aliphatic heterocycles. The van der Waals surface area contributed by atoms with Crippen LogP contribution in [0.15, 0.2) is 41.4 Å². The molecule has 0 aromatic heterocycles. The monoisotopic (exact) mass is 365 g/mol. The molecular formula is C19H21F2NO4. The summed E-state index contributed by atoms with van der Waals surface area (Å²) in [6, 6.07) is 9.97. The third kappa shape index (κ3) is 5.34. The maximum absolute atomic E-state index is 12.3. The number of ether oxygens (including phenoxy) is 3. The Bertz CT molecular complexity index is 750. The van der Waals surface area contributed by atoms with Crippen molar-refractivity contribution in [2.45, 2.75) is 20.0 Å². The number of alkyl halides is 2. The summed E-state index contributed by atoms with van der Waals surface area (Å²) in [5, 5.41) is 10.1. The Kier molecular flexibility index (Phi) is 7.20. The van der Waals surface area contributed by atoms with Crippen LogP contribution in [0.25, 0.3) is 0 Å². The lowest BCUT2D eigenvalue weighted by molar-refractivity contribution is -0.0512. The Morgan fingerprint density at radius 1 is 1.15 bits per heavy atom. The molecule has 0 bridgehead atoms. The highest BCUT2D eigenvalue weighted by Crippen LogP contribution is 2.30. The number of rotatable bonds is 9. The molecule has 2 aromatic carbocycles. The van der Waals surface area contributed by atoms with Crippen LogP contribution in [0.1, 0.15) is 18.1 Å². The number of hydrogen-bond acceptors (Lipinski definition) is 5. The molecule has 140 valence electrons. The molecule has 0 heterocycles. The number of methoxy groups -OCH3 is 1. The van der Waals surface area contributed by atoms with Crippen molar-refractivity contribution in [2.75, 3.05) is 20.3 Å². The van der Waals surface area contributed by atoms with E-state index in [1.807, 2.05) is 6.92 Å². The molecule has 0 radical (unpaired) electrons. The van der Waals surface area contributed by atoms with Gasteiger partial charge in [-0.2, -0.15) is 8.78 Å². The number of halogens is 2.